The zero-order chi connectivity index (χ0) is 12.4. The van der Waals surface area contributed by atoms with Crippen LogP contribution in [0.15, 0.2) is 35.3 Å². The first-order valence-corrected chi connectivity index (χ1v) is 4.73. The molecule has 0 aliphatic heterocycles. The number of nitrogens with two attached hydrogens (primary N) is 1. The van der Waals surface area contributed by atoms with Crippen molar-refractivity contribution in [2.45, 2.75) is 0 Å². The summed E-state index contributed by atoms with van der Waals surface area (Å²) in [6.45, 7) is 0. The van der Waals surface area contributed by atoms with E-state index in [2.05, 4.69) is 10.2 Å². The van der Waals surface area contributed by atoms with E-state index in [-0.39, 0.29) is 5.56 Å². The molecule has 6 heteroatoms. The number of carbonyl (C=O) groups is 1. The summed E-state index contributed by atoms with van der Waals surface area (Å²) < 4.78 is 13.2. The lowest BCUT2D eigenvalue weighted by Gasteiger charge is -2.03. The molecule has 0 atom stereocenters. The van der Waals surface area contributed by atoms with E-state index in [1.807, 2.05) is 0 Å². The first kappa shape index (κ1) is 11.0. The molecule has 0 saturated heterocycles. The van der Waals surface area contributed by atoms with Crippen LogP contribution in [-0.4, -0.2) is 16.1 Å². The third-order valence-electron chi connectivity index (χ3n) is 2.27. The Bertz CT molecular complexity index is 637. The molecule has 86 valence electrons. The molecule has 1 heterocycles. The third kappa shape index (κ3) is 2.05. The van der Waals surface area contributed by atoms with Gasteiger partial charge in [0.15, 0.2) is 0 Å². The number of primary amides is 1. The Hall–Kier alpha value is -2.50. The Labute approximate surface area is 95.1 Å². The average Bonchev–Trinajstić information content (AvgIpc) is 2.30. The number of benzene rings is 1. The second-order valence-electron chi connectivity index (χ2n) is 3.36. The fourth-order valence-electron chi connectivity index (χ4n) is 1.45. The van der Waals surface area contributed by atoms with Crippen LogP contribution in [0.3, 0.4) is 0 Å². The summed E-state index contributed by atoms with van der Waals surface area (Å²) in [5.74, 6) is -1.60. The minimum Gasteiger partial charge on any atom is -0.366 e. The van der Waals surface area contributed by atoms with Crippen molar-refractivity contribution in [1.82, 2.24) is 10.2 Å². The lowest BCUT2D eigenvalue weighted by Crippen LogP contribution is -2.14. The number of nitrogens with zero attached hydrogens (tertiary/aromatic N) is 1. The summed E-state index contributed by atoms with van der Waals surface area (Å²) in [6.07, 6.45) is 1.39. The largest absolute Gasteiger partial charge is 0.366 e. The molecule has 1 amide bonds. The van der Waals surface area contributed by atoms with E-state index in [9.17, 15) is 14.0 Å². The molecular formula is C11H8FN3O2. The molecule has 5 nitrogen and oxygen atoms in total. The number of aromatic amines is 1. The summed E-state index contributed by atoms with van der Waals surface area (Å²) in [4.78, 5) is 22.4. The quantitative estimate of drug-likeness (QED) is 0.799. The van der Waals surface area contributed by atoms with Crippen LogP contribution in [0.25, 0.3) is 11.1 Å². The van der Waals surface area contributed by atoms with E-state index in [0.717, 1.165) is 6.07 Å². The molecule has 0 unspecified atom stereocenters. The normalized spacial score (nSPS) is 10.2. The fourth-order valence-corrected chi connectivity index (χ4v) is 1.45. The second kappa shape index (κ2) is 4.17. The summed E-state index contributed by atoms with van der Waals surface area (Å²) in [5, 5.41) is 5.79. The number of halogens is 1. The van der Waals surface area contributed by atoms with Gasteiger partial charge < -0.3 is 5.73 Å². The highest BCUT2D eigenvalue weighted by Crippen LogP contribution is 2.18. The summed E-state index contributed by atoms with van der Waals surface area (Å²) in [6, 6.07) is 5.20. The molecule has 0 radical (unpaired) electrons. The van der Waals surface area contributed by atoms with Crippen LogP contribution in [0.1, 0.15) is 10.4 Å². The number of amides is 1. The standard InChI is InChI=1S/C11H8FN3O2/c12-9-2-1-6(5-8(9)10(13)16)7-3-4-14-15-11(7)17/h1-5H,(H2,13,16)(H,15,17). The molecule has 0 aliphatic carbocycles. The molecule has 0 spiro atoms. The Morgan fingerprint density at radius 2 is 2.12 bits per heavy atom. The van der Waals surface area contributed by atoms with Crippen LogP contribution in [0.5, 0.6) is 0 Å². The molecule has 0 bridgehead atoms. The van der Waals surface area contributed by atoms with Crippen molar-refractivity contribution < 1.29 is 9.18 Å². The topological polar surface area (TPSA) is 88.8 Å². The van der Waals surface area contributed by atoms with Gasteiger partial charge in [-0.2, -0.15) is 5.10 Å². The number of hydrogen-bond donors (Lipinski definition) is 2. The predicted octanol–water partition coefficient (Wildman–Crippen LogP) is 0.675. The van der Waals surface area contributed by atoms with Gasteiger partial charge in [0.25, 0.3) is 11.5 Å². The van der Waals surface area contributed by atoms with E-state index in [4.69, 9.17) is 5.73 Å². The Balaban J connectivity index is 2.62. The number of rotatable bonds is 2. The van der Waals surface area contributed by atoms with Gasteiger partial charge in [-0.15, -0.1) is 0 Å². The van der Waals surface area contributed by atoms with Crippen LogP contribution >= 0.6 is 0 Å². The van der Waals surface area contributed by atoms with Gasteiger partial charge in [0.05, 0.1) is 11.1 Å². The first-order valence-electron chi connectivity index (χ1n) is 4.73. The van der Waals surface area contributed by atoms with Crippen molar-refractivity contribution in [3.05, 3.63) is 52.2 Å². The highest BCUT2D eigenvalue weighted by Gasteiger charge is 2.11. The van der Waals surface area contributed by atoms with Crippen LogP contribution in [-0.2, 0) is 0 Å². The van der Waals surface area contributed by atoms with Crippen molar-refractivity contribution in [2.24, 2.45) is 5.73 Å². The zero-order valence-corrected chi connectivity index (χ0v) is 8.61. The molecule has 0 saturated carbocycles. The lowest BCUT2D eigenvalue weighted by atomic mass is 10.0. The predicted molar refractivity (Wildman–Crippen MR) is 58.8 cm³/mol. The van der Waals surface area contributed by atoms with Gasteiger partial charge in [0.2, 0.25) is 0 Å². The van der Waals surface area contributed by atoms with Gasteiger partial charge >= 0.3 is 0 Å². The van der Waals surface area contributed by atoms with Crippen molar-refractivity contribution in [3.8, 4) is 11.1 Å². The molecule has 0 fully saturated rings. The molecule has 17 heavy (non-hydrogen) atoms. The van der Waals surface area contributed by atoms with E-state index >= 15 is 0 Å². The lowest BCUT2D eigenvalue weighted by molar-refractivity contribution is 0.0996. The molecule has 2 aromatic rings. The molecule has 1 aromatic heterocycles. The fraction of sp³-hybridized carbons (Fsp3) is 0. The molecule has 0 aliphatic rings. The van der Waals surface area contributed by atoms with Crippen molar-refractivity contribution in [3.63, 3.8) is 0 Å². The SMILES string of the molecule is NC(=O)c1cc(-c2ccn[nH]c2=O)ccc1F. The highest BCUT2D eigenvalue weighted by atomic mass is 19.1. The molecule has 2 rings (SSSR count). The number of aromatic nitrogens is 2. The summed E-state index contributed by atoms with van der Waals surface area (Å²) >= 11 is 0. The smallest absolute Gasteiger partial charge is 0.272 e. The molecule has 3 N–H and O–H groups in total. The monoisotopic (exact) mass is 233 g/mol. The van der Waals surface area contributed by atoms with Crippen LogP contribution in [0.4, 0.5) is 4.39 Å². The van der Waals surface area contributed by atoms with Crippen molar-refractivity contribution in [1.29, 1.82) is 0 Å². The summed E-state index contributed by atoms with van der Waals surface area (Å²) in [5.41, 5.74) is 5.05. The van der Waals surface area contributed by atoms with Gasteiger partial charge in [-0.05, 0) is 23.8 Å². The van der Waals surface area contributed by atoms with Gasteiger partial charge in [0.1, 0.15) is 5.82 Å². The van der Waals surface area contributed by atoms with Crippen molar-refractivity contribution in [2.75, 3.05) is 0 Å². The van der Waals surface area contributed by atoms with Gasteiger partial charge in [-0.25, -0.2) is 9.49 Å². The first-order chi connectivity index (χ1) is 8.09. The van der Waals surface area contributed by atoms with Crippen LogP contribution in [0.2, 0.25) is 0 Å². The number of nitrogens with one attached hydrogen (secondary N) is 1. The van der Waals surface area contributed by atoms with Crippen LogP contribution in [0, 0.1) is 5.82 Å². The second-order valence-corrected chi connectivity index (χ2v) is 3.36. The van der Waals surface area contributed by atoms with Gasteiger partial charge in [0, 0.05) is 6.20 Å². The Morgan fingerprint density at radius 1 is 1.35 bits per heavy atom. The van der Waals surface area contributed by atoms with Crippen LogP contribution < -0.4 is 11.3 Å². The zero-order valence-electron chi connectivity index (χ0n) is 8.61. The third-order valence-corrected chi connectivity index (χ3v) is 2.27. The number of hydrogen-bond acceptors (Lipinski definition) is 3. The number of carbonyl (C=O) groups excluding carboxylic acids is 1. The molecule has 1 aromatic carbocycles. The highest BCUT2D eigenvalue weighted by molar-refractivity contribution is 5.94. The van der Waals surface area contributed by atoms with E-state index in [0.29, 0.717) is 11.1 Å². The minimum absolute atomic E-state index is 0.251. The van der Waals surface area contributed by atoms with E-state index < -0.39 is 17.3 Å². The Kier molecular flexibility index (Phi) is 2.70. The van der Waals surface area contributed by atoms with Crippen molar-refractivity contribution >= 4 is 5.91 Å². The maximum absolute atomic E-state index is 13.2. The summed E-state index contributed by atoms with van der Waals surface area (Å²) in [7, 11) is 0. The van der Waals surface area contributed by atoms with E-state index in [1.54, 1.807) is 0 Å². The van der Waals surface area contributed by atoms with Gasteiger partial charge in [-0.1, -0.05) is 6.07 Å². The Morgan fingerprint density at radius 3 is 2.76 bits per heavy atom. The number of H-pyrrole nitrogens is 1. The minimum atomic E-state index is -0.880. The van der Waals surface area contributed by atoms with Gasteiger partial charge in [-0.3, -0.25) is 9.59 Å². The molecular weight excluding hydrogens is 225 g/mol. The van der Waals surface area contributed by atoms with E-state index in [1.165, 1.54) is 24.4 Å². The maximum atomic E-state index is 13.2. The average molecular weight is 233 g/mol. The maximum Gasteiger partial charge on any atom is 0.272 e.